The molecule has 2 atom stereocenters. The lowest BCUT2D eigenvalue weighted by Gasteiger charge is -2.15. The van der Waals surface area contributed by atoms with Crippen LogP contribution in [-0.2, 0) is 27.9 Å². The third-order valence-corrected chi connectivity index (χ3v) is 9.60. The van der Waals surface area contributed by atoms with Crippen LogP contribution in [0.5, 0.6) is 0 Å². The van der Waals surface area contributed by atoms with Crippen LogP contribution in [0.2, 0.25) is 0 Å². The summed E-state index contributed by atoms with van der Waals surface area (Å²) in [6, 6.07) is 0. The van der Waals surface area contributed by atoms with Crippen LogP contribution in [0.4, 0.5) is 0 Å². The maximum Gasteiger partial charge on any atom is 0.472 e. The molecule has 1 amide bonds. The zero-order chi connectivity index (χ0) is 40.3. The highest BCUT2D eigenvalue weighted by Crippen LogP contribution is 2.42. The van der Waals surface area contributed by atoms with E-state index in [0.717, 1.165) is 103 Å². The third-order valence-electron chi connectivity index (χ3n) is 8.62. The number of amides is 1. The molecular formula is C45H78NO8P. The number of aliphatic hydroxyl groups excluding tert-OH is 1. The van der Waals surface area contributed by atoms with Crippen molar-refractivity contribution in [2.24, 2.45) is 0 Å². The van der Waals surface area contributed by atoms with Crippen LogP contribution in [0, 0.1) is 0 Å². The van der Waals surface area contributed by atoms with E-state index in [0.29, 0.717) is 6.42 Å². The molecule has 0 spiro atoms. The van der Waals surface area contributed by atoms with E-state index in [1.54, 1.807) is 0 Å². The Morgan fingerprint density at radius 1 is 0.582 bits per heavy atom. The van der Waals surface area contributed by atoms with Gasteiger partial charge in [0, 0.05) is 19.4 Å². The van der Waals surface area contributed by atoms with Gasteiger partial charge in [0.15, 0.2) is 0 Å². The Morgan fingerprint density at radius 2 is 1.04 bits per heavy atom. The van der Waals surface area contributed by atoms with Gasteiger partial charge in [0.05, 0.1) is 13.2 Å². The number of hydrogen-bond donors (Lipinski definition) is 3. The Bertz CT molecular complexity index is 1130. The van der Waals surface area contributed by atoms with Gasteiger partial charge in [-0.05, 0) is 83.5 Å². The standard InChI is InChI=1S/C45H78NO8P/c1-3-5-7-9-11-13-15-17-19-20-21-22-24-26-28-30-32-34-36-38-45(49)52-41-43(47)42-54-55(50,51)53-40-39-46-44(48)37-35-33-31-29-27-25-23-18-16-14-12-10-8-6-4-2/h6,8,11-14,17-19,21-23,43,47H,3-5,7,9-10,15-16,20,24-42H2,1-2H3,(H,46,48)(H,50,51)/b8-6-,13-11-,14-12-,19-17-,22-21-,23-18-. The Kier molecular flexibility index (Phi) is 39.2. The molecule has 0 aliphatic carbocycles. The number of hydrogen-bond acceptors (Lipinski definition) is 7. The molecule has 0 radical (unpaired) electrons. The average molecular weight is 792 g/mol. The number of phosphoric acid groups is 1. The predicted octanol–water partition coefficient (Wildman–Crippen LogP) is 11.9. The highest BCUT2D eigenvalue weighted by atomic mass is 31.2. The topological polar surface area (TPSA) is 131 Å². The zero-order valence-electron chi connectivity index (χ0n) is 34.6. The molecule has 316 valence electrons. The predicted molar refractivity (Wildman–Crippen MR) is 229 cm³/mol. The number of allylic oxidation sites excluding steroid dienone is 12. The molecule has 3 N–H and O–H groups in total. The van der Waals surface area contributed by atoms with Gasteiger partial charge in [-0.15, -0.1) is 0 Å². The minimum absolute atomic E-state index is 0.0666. The molecule has 2 unspecified atom stereocenters. The lowest BCUT2D eigenvalue weighted by Crippen LogP contribution is -2.27. The van der Waals surface area contributed by atoms with E-state index in [4.69, 9.17) is 13.8 Å². The molecule has 0 aromatic carbocycles. The first-order valence-corrected chi connectivity index (χ1v) is 22.9. The summed E-state index contributed by atoms with van der Waals surface area (Å²) in [5, 5.41) is 12.7. The fraction of sp³-hybridized carbons (Fsp3) is 0.689. The number of unbranched alkanes of at least 4 members (excludes halogenated alkanes) is 14. The second kappa shape index (κ2) is 41.1. The van der Waals surface area contributed by atoms with Gasteiger partial charge < -0.3 is 20.1 Å². The summed E-state index contributed by atoms with van der Waals surface area (Å²) in [6.45, 7) is 3.36. The largest absolute Gasteiger partial charge is 0.472 e. The summed E-state index contributed by atoms with van der Waals surface area (Å²) >= 11 is 0. The minimum atomic E-state index is -4.43. The number of nitrogens with one attached hydrogen (secondary N) is 1. The molecule has 0 rings (SSSR count). The van der Waals surface area contributed by atoms with Crippen molar-refractivity contribution in [3.8, 4) is 0 Å². The Hall–Kier alpha value is -2.55. The number of carbonyl (C=O) groups excluding carboxylic acids is 2. The van der Waals surface area contributed by atoms with Gasteiger partial charge >= 0.3 is 13.8 Å². The van der Waals surface area contributed by atoms with Crippen LogP contribution < -0.4 is 5.32 Å². The quantitative estimate of drug-likeness (QED) is 0.0243. The molecule has 0 aliphatic rings. The van der Waals surface area contributed by atoms with E-state index in [9.17, 15) is 24.2 Å². The van der Waals surface area contributed by atoms with Crippen molar-refractivity contribution in [2.45, 2.75) is 174 Å². The van der Waals surface area contributed by atoms with Gasteiger partial charge in [-0.25, -0.2) is 4.57 Å². The summed E-state index contributed by atoms with van der Waals surface area (Å²) in [7, 11) is -4.43. The van der Waals surface area contributed by atoms with Gasteiger partial charge in [0.25, 0.3) is 0 Å². The van der Waals surface area contributed by atoms with Crippen LogP contribution in [0.3, 0.4) is 0 Å². The summed E-state index contributed by atoms with van der Waals surface area (Å²) in [5.74, 6) is -0.552. The molecule has 0 saturated heterocycles. The van der Waals surface area contributed by atoms with Gasteiger partial charge in [-0.3, -0.25) is 18.6 Å². The first kappa shape index (κ1) is 52.5. The minimum Gasteiger partial charge on any atom is -0.463 e. The molecule has 0 fully saturated rings. The fourth-order valence-corrected chi connectivity index (χ4v) is 6.16. The van der Waals surface area contributed by atoms with Crippen molar-refractivity contribution >= 4 is 19.7 Å². The lowest BCUT2D eigenvalue weighted by molar-refractivity contribution is -0.147. The lowest BCUT2D eigenvalue weighted by atomic mass is 10.1. The molecule has 0 aliphatic heterocycles. The van der Waals surface area contributed by atoms with Crippen molar-refractivity contribution in [3.63, 3.8) is 0 Å². The SMILES string of the molecule is CC/C=C\C/C=C\C/C=C\CCCCCCCC(=O)NCCOP(=O)(O)OCC(O)COC(=O)CCCCCCCC/C=C\C/C=C\C/C=C\CCCCC. The highest BCUT2D eigenvalue weighted by molar-refractivity contribution is 7.47. The van der Waals surface area contributed by atoms with E-state index in [-0.39, 0.29) is 32.1 Å². The van der Waals surface area contributed by atoms with E-state index in [2.05, 4.69) is 92.1 Å². The van der Waals surface area contributed by atoms with E-state index in [1.807, 2.05) is 0 Å². The van der Waals surface area contributed by atoms with Gasteiger partial charge in [0.2, 0.25) is 5.91 Å². The molecule has 0 heterocycles. The van der Waals surface area contributed by atoms with Gasteiger partial charge in [-0.1, -0.05) is 145 Å². The number of aliphatic hydroxyl groups is 1. The van der Waals surface area contributed by atoms with E-state index < -0.39 is 26.5 Å². The van der Waals surface area contributed by atoms with Crippen molar-refractivity contribution in [2.75, 3.05) is 26.4 Å². The number of rotatable bonds is 39. The first-order valence-electron chi connectivity index (χ1n) is 21.4. The van der Waals surface area contributed by atoms with Crippen LogP contribution in [0.1, 0.15) is 168 Å². The highest BCUT2D eigenvalue weighted by Gasteiger charge is 2.23. The molecule has 55 heavy (non-hydrogen) atoms. The van der Waals surface area contributed by atoms with Gasteiger partial charge in [0.1, 0.15) is 12.7 Å². The molecule has 0 saturated carbocycles. The van der Waals surface area contributed by atoms with E-state index >= 15 is 0 Å². The second-order valence-corrected chi connectivity index (χ2v) is 15.4. The molecular weight excluding hydrogens is 713 g/mol. The molecule has 0 aromatic rings. The normalized spacial score (nSPS) is 14.0. The Balaban J connectivity index is 3.66. The van der Waals surface area contributed by atoms with Crippen LogP contribution >= 0.6 is 7.82 Å². The molecule has 10 heteroatoms. The fourth-order valence-electron chi connectivity index (χ4n) is 5.40. The summed E-state index contributed by atoms with van der Waals surface area (Å²) in [5.41, 5.74) is 0. The maximum atomic E-state index is 12.1. The third kappa shape index (κ3) is 42.4. The van der Waals surface area contributed by atoms with Crippen molar-refractivity contribution in [1.82, 2.24) is 5.32 Å². The second-order valence-electron chi connectivity index (χ2n) is 13.9. The number of phosphoric ester groups is 1. The average Bonchev–Trinajstić information content (AvgIpc) is 3.17. The number of carbonyl (C=O) groups is 2. The Morgan fingerprint density at radius 3 is 1.56 bits per heavy atom. The zero-order valence-corrected chi connectivity index (χ0v) is 35.5. The molecule has 9 nitrogen and oxygen atoms in total. The van der Waals surface area contributed by atoms with E-state index in [1.165, 1.54) is 38.5 Å². The summed E-state index contributed by atoms with van der Waals surface area (Å²) in [4.78, 5) is 33.9. The number of esters is 1. The smallest absolute Gasteiger partial charge is 0.463 e. The number of ether oxygens (including phenoxy) is 1. The van der Waals surface area contributed by atoms with Crippen molar-refractivity contribution < 1.29 is 37.9 Å². The van der Waals surface area contributed by atoms with Crippen molar-refractivity contribution in [3.05, 3.63) is 72.9 Å². The summed E-state index contributed by atoms with van der Waals surface area (Å²) < 4.78 is 26.8. The van der Waals surface area contributed by atoms with Crippen molar-refractivity contribution in [1.29, 1.82) is 0 Å². The van der Waals surface area contributed by atoms with Crippen LogP contribution in [-0.4, -0.2) is 54.3 Å². The maximum absolute atomic E-state index is 12.1. The molecule has 0 aromatic heterocycles. The van der Waals surface area contributed by atoms with Gasteiger partial charge in [-0.2, -0.15) is 0 Å². The van der Waals surface area contributed by atoms with Crippen LogP contribution in [0.15, 0.2) is 72.9 Å². The monoisotopic (exact) mass is 792 g/mol. The first-order chi connectivity index (χ1) is 26.8. The Labute approximate surface area is 335 Å². The summed E-state index contributed by atoms with van der Waals surface area (Å²) in [6.07, 6.45) is 49.7. The molecule has 0 bridgehead atoms. The van der Waals surface area contributed by atoms with Crippen LogP contribution in [0.25, 0.3) is 0 Å².